The van der Waals surface area contributed by atoms with Crippen LogP contribution in [0, 0.1) is 0 Å². The van der Waals surface area contributed by atoms with Crippen molar-refractivity contribution in [3.63, 3.8) is 0 Å². The van der Waals surface area contributed by atoms with Gasteiger partial charge < -0.3 is 9.47 Å². The number of unbranched alkanes of at least 4 members (excludes halogenated alkanes) is 31. The fraction of sp³-hybridized carbons (Fsp3) is 0.867. The molecule has 0 aliphatic carbocycles. The molecule has 0 aromatic rings. The molecule has 0 saturated heterocycles. The summed E-state index contributed by atoms with van der Waals surface area (Å²) in [5.74, 6) is -0.507. The molecule has 0 aliphatic rings. The van der Waals surface area contributed by atoms with Crippen LogP contribution < -0.4 is 0 Å². The number of carbonyl (C=O) groups excluding carboxylic acids is 2. The van der Waals surface area contributed by atoms with Crippen molar-refractivity contribution in [2.24, 2.45) is 0 Å². The van der Waals surface area contributed by atoms with Crippen LogP contribution in [0.15, 0.2) is 24.3 Å². The normalized spacial score (nSPS) is 10.8. The topological polar surface area (TPSA) is 52.6 Å². The Morgan fingerprint density at radius 3 is 0.653 bits per heavy atom. The molecule has 0 amide bonds. The minimum absolute atomic E-state index is 0.253. The Balaban J connectivity index is 0. The first kappa shape index (κ1) is 49.5. The van der Waals surface area contributed by atoms with E-state index in [0.29, 0.717) is 24.4 Å². The van der Waals surface area contributed by atoms with Crippen LogP contribution in [0.2, 0.25) is 0 Å². The van der Waals surface area contributed by atoms with E-state index < -0.39 is 0 Å². The van der Waals surface area contributed by atoms with E-state index in [0.717, 1.165) is 12.8 Å². The lowest BCUT2D eigenvalue weighted by Gasteiger charge is -2.05. The second kappa shape index (κ2) is 42.6. The van der Waals surface area contributed by atoms with Crippen molar-refractivity contribution in [1.82, 2.24) is 0 Å². The maximum atomic E-state index is 11.2. The van der Waals surface area contributed by atoms with E-state index in [1.165, 1.54) is 199 Å². The van der Waals surface area contributed by atoms with E-state index in [2.05, 4.69) is 27.0 Å². The van der Waals surface area contributed by atoms with Gasteiger partial charge in [-0.1, -0.05) is 226 Å². The molecule has 49 heavy (non-hydrogen) atoms. The summed E-state index contributed by atoms with van der Waals surface area (Å²) in [5, 5.41) is 0. The van der Waals surface area contributed by atoms with Gasteiger partial charge in [-0.15, -0.1) is 0 Å². The summed E-state index contributed by atoms with van der Waals surface area (Å²) in [7, 11) is 0. The predicted octanol–water partition coefficient (Wildman–Crippen LogP) is 15.1. The molecule has 4 nitrogen and oxygen atoms in total. The molecule has 0 radical (unpaired) electrons. The Hall–Kier alpha value is -1.58. The molecule has 0 bridgehead atoms. The van der Waals surface area contributed by atoms with Crippen molar-refractivity contribution in [1.29, 1.82) is 0 Å². The van der Waals surface area contributed by atoms with Crippen LogP contribution >= 0.6 is 0 Å². The molecule has 0 fully saturated rings. The number of carbonyl (C=O) groups is 2. The van der Waals surface area contributed by atoms with Crippen LogP contribution in [0.4, 0.5) is 0 Å². The summed E-state index contributed by atoms with van der Waals surface area (Å²) in [4.78, 5) is 22.4. The Morgan fingerprint density at radius 1 is 0.327 bits per heavy atom. The van der Waals surface area contributed by atoms with Gasteiger partial charge in [-0.3, -0.25) is 0 Å². The smallest absolute Gasteiger partial charge is 0.333 e. The predicted molar refractivity (Wildman–Crippen MR) is 215 cm³/mol. The third kappa shape index (κ3) is 44.4. The minimum atomic E-state index is -0.254. The Kier molecular flexibility index (Phi) is 43.0. The van der Waals surface area contributed by atoms with Crippen molar-refractivity contribution in [2.45, 2.75) is 240 Å². The lowest BCUT2D eigenvalue weighted by atomic mass is 10.0. The largest absolute Gasteiger partial charge is 0.462 e. The quantitative estimate of drug-likeness (QED) is 0.0370. The Bertz CT molecular complexity index is 728. The highest BCUT2D eigenvalue weighted by molar-refractivity contribution is 5.87. The highest BCUT2D eigenvalue weighted by atomic mass is 16.5. The third-order valence-corrected chi connectivity index (χ3v) is 9.41. The number of hydrogen-bond donors (Lipinski definition) is 0. The third-order valence-electron chi connectivity index (χ3n) is 9.41. The Morgan fingerprint density at radius 2 is 0.490 bits per heavy atom. The molecule has 0 rings (SSSR count). The zero-order valence-electron chi connectivity index (χ0n) is 33.8. The van der Waals surface area contributed by atoms with Gasteiger partial charge in [-0.25, -0.2) is 9.59 Å². The second-order valence-electron chi connectivity index (χ2n) is 14.8. The molecule has 0 saturated carbocycles. The lowest BCUT2D eigenvalue weighted by Crippen LogP contribution is -2.05. The SMILES string of the molecule is C=C(C)C(=O)OCCCCCCCCCCCCCCCCCC.C=C(C)C(=O)OCCCCCCCCCCCCCCCCCCC. The lowest BCUT2D eigenvalue weighted by molar-refractivity contribution is -0.139. The minimum Gasteiger partial charge on any atom is -0.462 e. The average molecular weight is 691 g/mol. The fourth-order valence-electron chi connectivity index (χ4n) is 6.05. The van der Waals surface area contributed by atoms with E-state index in [4.69, 9.17) is 9.47 Å². The Labute approximate surface area is 307 Å². The van der Waals surface area contributed by atoms with E-state index in [9.17, 15) is 9.59 Å². The van der Waals surface area contributed by atoms with Gasteiger partial charge >= 0.3 is 11.9 Å². The molecule has 0 atom stereocenters. The molecule has 0 aromatic carbocycles. The molecule has 0 aromatic heterocycles. The monoisotopic (exact) mass is 691 g/mol. The zero-order chi connectivity index (χ0) is 36.5. The maximum Gasteiger partial charge on any atom is 0.333 e. The second-order valence-corrected chi connectivity index (χ2v) is 14.8. The number of esters is 2. The van der Waals surface area contributed by atoms with Gasteiger partial charge in [0.15, 0.2) is 0 Å². The van der Waals surface area contributed by atoms with E-state index in [-0.39, 0.29) is 11.9 Å². The zero-order valence-corrected chi connectivity index (χ0v) is 33.8. The number of hydrogen-bond acceptors (Lipinski definition) is 4. The van der Waals surface area contributed by atoms with Crippen molar-refractivity contribution in [2.75, 3.05) is 13.2 Å². The van der Waals surface area contributed by atoms with Crippen LogP contribution in [0.25, 0.3) is 0 Å². The summed E-state index contributed by atoms with van der Waals surface area (Å²) in [6, 6.07) is 0. The number of ether oxygens (including phenoxy) is 2. The van der Waals surface area contributed by atoms with Gasteiger partial charge in [0.1, 0.15) is 0 Å². The maximum absolute atomic E-state index is 11.2. The van der Waals surface area contributed by atoms with Crippen molar-refractivity contribution >= 4 is 11.9 Å². The molecule has 0 heterocycles. The van der Waals surface area contributed by atoms with Crippen LogP contribution in [0.3, 0.4) is 0 Å². The highest BCUT2D eigenvalue weighted by Gasteiger charge is 2.03. The van der Waals surface area contributed by atoms with Crippen molar-refractivity contribution in [3.8, 4) is 0 Å². The molecule has 0 N–H and O–H groups in total. The summed E-state index contributed by atoms with van der Waals surface area (Å²) in [5.41, 5.74) is 0.985. The molecule has 290 valence electrons. The van der Waals surface area contributed by atoms with Crippen molar-refractivity contribution in [3.05, 3.63) is 24.3 Å². The van der Waals surface area contributed by atoms with Gasteiger partial charge in [-0.2, -0.15) is 0 Å². The van der Waals surface area contributed by atoms with Crippen LogP contribution in [0.5, 0.6) is 0 Å². The molecule has 0 aliphatic heterocycles. The molecule has 4 heteroatoms. The van der Waals surface area contributed by atoms with Gasteiger partial charge in [0, 0.05) is 11.1 Å². The van der Waals surface area contributed by atoms with Gasteiger partial charge in [0.05, 0.1) is 13.2 Å². The number of rotatable bonds is 37. The first-order valence-electron chi connectivity index (χ1n) is 21.5. The summed E-state index contributed by atoms with van der Waals surface area (Å²) in [6.07, 6.45) is 45.0. The van der Waals surface area contributed by atoms with E-state index in [1.807, 2.05) is 0 Å². The summed E-state index contributed by atoms with van der Waals surface area (Å²) < 4.78 is 10.2. The summed E-state index contributed by atoms with van der Waals surface area (Å²) in [6.45, 7) is 16.2. The van der Waals surface area contributed by atoms with E-state index >= 15 is 0 Å². The van der Waals surface area contributed by atoms with Crippen LogP contribution in [-0.2, 0) is 19.1 Å². The van der Waals surface area contributed by atoms with Gasteiger partial charge in [0.25, 0.3) is 0 Å². The first-order valence-corrected chi connectivity index (χ1v) is 21.5. The summed E-state index contributed by atoms with van der Waals surface area (Å²) >= 11 is 0. The van der Waals surface area contributed by atoms with Gasteiger partial charge in [0.2, 0.25) is 0 Å². The van der Waals surface area contributed by atoms with Gasteiger partial charge in [-0.05, 0) is 26.7 Å². The fourth-order valence-corrected chi connectivity index (χ4v) is 6.05. The highest BCUT2D eigenvalue weighted by Crippen LogP contribution is 2.15. The molecule has 0 unspecified atom stereocenters. The van der Waals surface area contributed by atoms with E-state index in [1.54, 1.807) is 13.8 Å². The molecular weight excluding hydrogens is 604 g/mol. The van der Waals surface area contributed by atoms with Crippen molar-refractivity contribution < 1.29 is 19.1 Å². The standard InChI is InChI=1S/C23H44O2.C22H42O2/c1-4-5-6-7-8-9-10-11-12-13-14-15-16-17-18-19-20-21-25-23(24)22(2)3;1-4-5-6-7-8-9-10-11-12-13-14-15-16-17-18-19-20-24-22(23)21(2)3/h2,4-21H2,1,3H3;2,4-20H2,1,3H3. The van der Waals surface area contributed by atoms with Crippen LogP contribution in [0.1, 0.15) is 240 Å². The average Bonchev–Trinajstić information content (AvgIpc) is 3.09. The van der Waals surface area contributed by atoms with Crippen LogP contribution in [-0.4, -0.2) is 25.2 Å². The first-order chi connectivity index (χ1) is 23.9. The molecular formula is C45H86O4. The molecule has 0 spiro atoms.